The van der Waals surface area contributed by atoms with Crippen LogP contribution in [0.25, 0.3) is 0 Å². The second-order valence-electron chi connectivity index (χ2n) is 5.28. The molecule has 16 heavy (non-hydrogen) atoms. The summed E-state index contributed by atoms with van der Waals surface area (Å²) in [4.78, 5) is 2.54. The maximum Gasteiger partial charge on any atom is 0.0363 e. The van der Waals surface area contributed by atoms with E-state index in [1.54, 1.807) is 0 Å². The zero-order valence-corrected chi connectivity index (χ0v) is 9.78. The van der Waals surface area contributed by atoms with Gasteiger partial charge in [-0.15, -0.1) is 0 Å². The number of anilines is 1. The number of hydrogen-bond donors (Lipinski definition) is 1. The number of nitrogens with two attached hydrogens (primary N) is 1. The Balaban J connectivity index is 1.59. The van der Waals surface area contributed by atoms with E-state index in [1.807, 2.05) is 6.07 Å². The van der Waals surface area contributed by atoms with Crippen molar-refractivity contribution in [2.75, 3.05) is 12.3 Å². The molecule has 3 rings (SSSR count). The van der Waals surface area contributed by atoms with Gasteiger partial charge in [0.15, 0.2) is 0 Å². The van der Waals surface area contributed by atoms with Crippen LogP contribution in [-0.4, -0.2) is 11.4 Å². The molecule has 1 aromatic carbocycles. The first-order valence-corrected chi connectivity index (χ1v) is 6.41. The Labute approximate surface area is 97.4 Å². The van der Waals surface area contributed by atoms with Crippen LogP contribution in [0.15, 0.2) is 18.2 Å². The SMILES string of the molecule is Nc1cccc2c1CN(CCC1CCC1)C2. The second-order valence-corrected chi connectivity index (χ2v) is 5.28. The average molecular weight is 216 g/mol. The Hall–Kier alpha value is -1.02. The van der Waals surface area contributed by atoms with Gasteiger partial charge in [-0.05, 0) is 36.1 Å². The van der Waals surface area contributed by atoms with Crippen molar-refractivity contribution in [3.63, 3.8) is 0 Å². The molecular formula is C14H20N2. The van der Waals surface area contributed by atoms with Crippen LogP contribution in [0.1, 0.15) is 36.8 Å². The summed E-state index contributed by atoms with van der Waals surface area (Å²) >= 11 is 0. The van der Waals surface area contributed by atoms with Gasteiger partial charge in [-0.1, -0.05) is 31.4 Å². The quantitative estimate of drug-likeness (QED) is 0.787. The van der Waals surface area contributed by atoms with Gasteiger partial charge in [0.25, 0.3) is 0 Å². The molecule has 0 saturated heterocycles. The summed E-state index contributed by atoms with van der Waals surface area (Å²) in [5, 5.41) is 0. The molecule has 1 saturated carbocycles. The van der Waals surface area contributed by atoms with E-state index in [0.29, 0.717) is 0 Å². The minimum atomic E-state index is 0.976. The van der Waals surface area contributed by atoms with Gasteiger partial charge in [0.05, 0.1) is 0 Å². The average Bonchev–Trinajstić information content (AvgIpc) is 2.60. The maximum absolute atomic E-state index is 6.00. The Morgan fingerprint density at radius 3 is 2.81 bits per heavy atom. The van der Waals surface area contributed by atoms with E-state index < -0.39 is 0 Å². The molecule has 86 valence electrons. The van der Waals surface area contributed by atoms with Crippen LogP contribution >= 0.6 is 0 Å². The van der Waals surface area contributed by atoms with Crippen molar-refractivity contribution in [2.24, 2.45) is 5.92 Å². The highest BCUT2D eigenvalue weighted by Gasteiger charge is 2.23. The van der Waals surface area contributed by atoms with E-state index >= 15 is 0 Å². The number of nitrogen functional groups attached to an aromatic ring is 1. The first-order chi connectivity index (χ1) is 7.83. The van der Waals surface area contributed by atoms with E-state index in [9.17, 15) is 0 Å². The lowest BCUT2D eigenvalue weighted by atomic mass is 9.83. The van der Waals surface area contributed by atoms with Crippen LogP contribution in [0.5, 0.6) is 0 Å². The number of hydrogen-bond acceptors (Lipinski definition) is 2. The van der Waals surface area contributed by atoms with Crippen molar-refractivity contribution in [3.05, 3.63) is 29.3 Å². The Morgan fingerprint density at radius 1 is 1.25 bits per heavy atom. The highest BCUT2D eigenvalue weighted by molar-refractivity contribution is 5.52. The van der Waals surface area contributed by atoms with Crippen LogP contribution < -0.4 is 5.73 Å². The molecule has 0 bridgehead atoms. The van der Waals surface area contributed by atoms with Gasteiger partial charge in [-0.25, -0.2) is 0 Å². The molecule has 2 heteroatoms. The standard InChI is InChI=1S/C14H20N2/c15-14-6-2-5-12-9-16(10-13(12)14)8-7-11-3-1-4-11/h2,5-6,11H,1,3-4,7-10,15H2. The third kappa shape index (κ3) is 1.82. The summed E-state index contributed by atoms with van der Waals surface area (Å²) in [5.74, 6) is 1.01. The third-order valence-corrected chi connectivity index (χ3v) is 4.16. The molecule has 1 aromatic rings. The fourth-order valence-corrected chi connectivity index (χ4v) is 2.82. The van der Waals surface area contributed by atoms with Crippen molar-refractivity contribution in [2.45, 2.75) is 38.8 Å². The van der Waals surface area contributed by atoms with Crippen LogP contribution in [0, 0.1) is 5.92 Å². The zero-order chi connectivity index (χ0) is 11.0. The van der Waals surface area contributed by atoms with Crippen LogP contribution in [0.4, 0.5) is 5.69 Å². The molecule has 0 spiro atoms. The van der Waals surface area contributed by atoms with Crippen molar-refractivity contribution >= 4 is 5.69 Å². The molecule has 2 nitrogen and oxygen atoms in total. The monoisotopic (exact) mass is 216 g/mol. The van der Waals surface area contributed by atoms with Crippen molar-refractivity contribution in [1.29, 1.82) is 0 Å². The largest absolute Gasteiger partial charge is 0.398 e. The molecule has 0 aromatic heterocycles. The van der Waals surface area contributed by atoms with E-state index in [-0.39, 0.29) is 0 Å². The Kier molecular flexibility index (Phi) is 2.60. The Morgan fingerprint density at radius 2 is 2.12 bits per heavy atom. The number of rotatable bonds is 3. The second kappa shape index (κ2) is 4.10. The molecule has 0 amide bonds. The van der Waals surface area contributed by atoms with Crippen LogP contribution in [0.3, 0.4) is 0 Å². The van der Waals surface area contributed by atoms with Gasteiger partial charge < -0.3 is 5.73 Å². The van der Waals surface area contributed by atoms with E-state index in [0.717, 1.165) is 24.7 Å². The van der Waals surface area contributed by atoms with Gasteiger partial charge >= 0.3 is 0 Å². The van der Waals surface area contributed by atoms with Gasteiger partial charge in [-0.3, -0.25) is 4.90 Å². The summed E-state index contributed by atoms with van der Waals surface area (Å²) in [5.41, 5.74) is 9.79. The summed E-state index contributed by atoms with van der Waals surface area (Å²) in [6.45, 7) is 3.42. The first-order valence-electron chi connectivity index (χ1n) is 6.41. The number of benzene rings is 1. The number of nitrogens with zero attached hydrogens (tertiary/aromatic N) is 1. The lowest BCUT2D eigenvalue weighted by molar-refractivity contribution is 0.216. The lowest BCUT2D eigenvalue weighted by Crippen LogP contribution is -2.22. The fraction of sp³-hybridized carbons (Fsp3) is 0.571. The maximum atomic E-state index is 6.00. The van der Waals surface area contributed by atoms with Crippen LogP contribution in [0.2, 0.25) is 0 Å². The van der Waals surface area contributed by atoms with Gasteiger partial charge in [0, 0.05) is 18.8 Å². The van der Waals surface area contributed by atoms with Crippen molar-refractivity contribution in [3.8, 4) is 0 Å². The minimum absolute atomic E-state index is 0.976. The van der Waals surface area contributed by atoms with Gasteiger partial charge in [0.1, 0.15) is 0 Å². The highest BCUT2D eigenvalue weighted by Crippen LogP contribution is 2.32. The normalized spacial score (nSPS) is 20.8. The van der Waals surface area contributed by atoms with Crippen molar-refractivity contribution in [1.82, 2.24) is 4.90 Å². The molecule has 2 aliphatic rings. The van der Waals surface area contributed by atoms with Crippen LogP contribution in [-0.2, 0) is 13.1 Å². The van der Waals surface area contributed by atoms with E-state index in [4.69, 9.17) is 5.73 Å². The highest BCUT2D eigenvalue weighted by atomic mass is 15.1. The molecule has 0 unspecified atom stereocenters. The van der Waals surface area contributed by atoms with E-state index in [2.05, 4.69) is 17.0 Å². The van der Waals surface area contributed by atoms with Crippen molar-refractivity contribution < 1.29 is 0 Å². The predicted octanol–water partition coefficient (Wildman–Crippen LogP) is 2.77. The number of fused-ring (bicyclic) bond motifs is 1. The molecule has 1 heterocycles. The molecule has 1 aliphatic carbocycles. The summed E-state index contributed by atoms with van der Waals surface area (Å²) in [6.07, 6.45) is 5.76. The predicted molar refractivity (Wildman–Crippen MR) is 66.9 cm³/mol. The first kappa shape index (κ1) is 10.2. The molecule has 0 atom stereocenters. The fourth-order valence-electron chi connectivity index (χ4n) is 2.82. The molecule has 1 aliphatic heterocycles. The van der Waals surface area contributed by atoms with Gasteiger partial charge in [0.2, 0.25) is 0 Å². The summed E-state index contributed by atoms with van der Waals surface area (Å²) in [7, 11) is 0. The molecule has 1 fully saturated rings. The third-order valence-electron chi connectivity index (χ3n) is 4.16. The summed E-state index contributed by atoms with van der Waals surface area (Å²) in [6, 6.07) is 6.31. The lowest BCUT2D eigenvalue weighted by Gasteiger charge is -2.27. The van der Waals surface area contributed by atoms with E-state index in [1.165, 1.54) is 43.4 Å². The molecule has 2 N–H and O–H groups in total. The zero-order valence-electron chi connectivity index (χ0n) is 9.78. The van der Waals surface area contributed by atoms with Gasteiger partial charge in [-0.2, -0.15) is 0 Å². The topological polar surface area (TPSA) is 29.3 Å². The molecular weight excluding hydrogens is 196 g/mol. The molecule has 0 radical (unpaired) electrons. The smallest absolute Gasteiger partial charge is 0.0363 e. The summed E-state index contributed by atoms with van der Waals surface area (Å²) < 4.78 is 0. The Bertz CT molecular complexity index is 382. The minimum Gasteiger partial charge on any atom is -0.398 e.